The van der Waals surface area contributed by atoms with Gasteiger partial charge in [-0.3, -0.25) is 0 Å². The summed E-state index contributed by atoms with van der Waals surface area (Å²) in [6.07, 6.45) is 2.18. The highest BCUT2D eigenvalue weighted by Crippen LogP contribution is 2.34. The second-order valence-corrected chi connectivity index (χ2v) is 7.70. The van der Waals surface area contributed by atoms with Gasteiger partial charge < -0.3 is 5.73 Å². The van der Waals surface area contributed by atoms with Crippen molar-refractivity contribution in [2.24, 2.45) is 5.92 Å². The number of nitrogens with zero attached hydrogens (tertiary/aromatic N) is 1. The molecule has 1 aromatic carbocycles. The van der Waals surface area contributed by atoms with Crippen LogP contribution >= 0.6 is 0 Å². The number of rotatable bonds is 6. The third-order valence-electron chi connectivity index (χ3n) is 3.48. The number of anilines is 1. The first kappa shape index (κ1) is 16.2. The first-order chi connectivity index (χ1) is 9.73. The van der Waals surface area contributed by atoms with E-state index in [1.807, 2.05) is 13.8 Å². The largest absolute Gasteiger partial charge is 0.399 e. The SMILES string of the molecule is CC(C)CCN(C1CC1)S(=O)(=O)c1cc(N)cc(F)c1F. The van der Waals surface area contributed by atoms with Crippen molar-refractivity contribution in [3.05, 3.63) is 23.8 Å². The Morgan fingerprint density at radius 2 is 1.95 bits per heavy atom. The zero-order chi connectivity index (χ0) is 15.8. The Hall–Kier alpha value is -1.21. The maximum atomic E-state index is 13.9. The molecule has 0 saturated heterocycles. The van der Waals surface area contributed by atoms with Gasteiger partial charge in [0.05, 0.1) is 0 Å². The summed E-state index contributed by atoms with van der Waals surface area (Å²) < 4.78 is 53.8. The maximum absolute atomic E-state index is 13.9. The van der Waals surface area contributed by atoms with Gasteiger partial charge in [0.2, 0.25) is 10.0 Å². The fourth-order valence-corrected chi connectivity index (χ4v) is 3.96. The molecule has 1 aliphatic rings. The maximum Gasteiger partial charge on any atom is 0.246 e. The summed E-state index contributed by atoms with van der Waals surface area (Å²) in [5, 5.41) is 0. The quantitative estimate of drug-likeness (QED) is 0.820. The van der Waals surface area contributed by atoms with Crippen molar-refractivity contribution in [2.75, 3.05) is 12.3 Å². The lowest BCUT2D eigenvalue weighted by Crippen LogP contribution is -2.35. The van der Waals surface area contributed by atoms with Crippen LogP contribution in [0.4, 0.5) is 14.5 Å². The molecule has 2 N–H and O–H groups in total. The number of nitrogens with two attached hydrogens (primary N) is 1. The molecule has 1 aromatic rings. The van der Waals surface area contributed by atoms with Gasteiger partial charge in [-0.05, 0) is 37.3 Å². The lowest BCUT2D eigenvalue weighted by atomic mass is 10.1. The minimum atomic E-state index is -4.07. The lowest BCUT2D eigenvalue weighted by Gasteiger charge is -2.23. The Morgan fingerprint density at radius 3 is 2.48 bits per heavy atom. The molecule has 0 spiro atoms. The molecule has 0 aromatic heterocycles. The van der Waals surface area contributed by atoms with Crippen LogP contribution < -0.4 is 5.73 Å². The van der Waals surface area contributed by atoms with Gasteiger partial charge in [-0.15, -0.1) is 0 Å². The van der Waals surface area contributed by atoms with E-state index in [2.05, 4.69) is 0 Å². The normalized spacial score (nSPS) is 15.9. The van der Waals surface area contributed by atoms with E-state index >= 15 is 0 Å². The van der Waals surface area contributed by atoms with Crippen molar-refractivity contribution in [3.8, 4) is 0 Å². The van der Waals surface area contributed by atoms with Crippen molar-refractivity contribution in [3.63, 3.8) is 0 Å². The van der Waals surface area contributed by atoms with E-state index in [1.165, 1.54) is 4.31 Å². The molecule has 1 saturated carbocycles. The predicted octanol–water partition coefficient (Wildman–Crippen LogP) is 2.75. The molecule has 7 heteroatoms. The Bertz CT molecular complexity index is 628. The van der Waals surface area contributed by atoms with Crippen LogP contribution in [-0.4, -0.2) is 25.3 Å². The summed E-state index contributed by atoms with van der Waals surface area (Å²) in [6, 6.07) is 1.65. The number of halogens is 2. The van der Waals surface area contributed by atoms with E-state index in [0.717, 1.165) is 25.0 Å². The predicted molar refractivity (Wildman–Crippen MR) is 77.1 cm³/mol. The average molecular weight is 318 g/mol. The van der Waals surface area contributed by atoms with Gasteiger partial charge in [0.25, 0.3) is 0 Å². The van der Waals surface area contributed by atoms with Gasteiger partial charge in [0.1, 0.15) is 4.90 Å². The van der Waals surface area contributed by atoms with E-state index in [-0.39, 0.29) is 11.7 Å². The van der Waals surface area contributed by atoms with Crippen molar-refractivity contribution in [2.45, 2.75) is 44.0 Å². The number of hydrogen-bond donors (Lipinski definition) is 1. The summed E-state index contributed by atoms with van der Waals surface area (Å²) in [4.78, 5) is -0.671. The molecule has 4 nitrogen and oxygen atoms in total. The number of hydrogen-bond acceptors (Lipinski definition) is 3. The number of sulfonamides is 1. The number of nitrogen functional groups attached to an aromatic ring is 1. The topological polar surface area (TPSA) is 63.4 Å². The van der Waals surface area contributed by atoms with Crippen LogP contribution in [-0.2, 0) is 10.0 Å². The third kappa shape index (κ3) is 3.52. The molecular formula is C14H20F2N2O2S. The highest BCUT2D eigenvalue weighted by Gasteiger charge is 2.39. The smallest absolute Gasteiger partial charge is 0.246 e. The second-order valence-electron chi connectivity index (χ2n) is 5.84. The van der Waals surface area contributed by atoms with Crippen LogP contribution in [0.5, 0.6) is 0 Å². The van der Waals surface area contributed by atoms with Crippen LogP contribution in [0.15, 0.2) is 17.0 Å². The second kappa shape index (κ2) is 5.88. The van der Waals surface area contributed by atoms with Crippen LogP contribution in [0.25, 0.3) is 0 Å². The van der Waals surface area contributed by atoms with E-state index in [1.54, 1.807) is 0 Å². The lowest BCUT2D eigenvalue weighted by molar-refractivity contribution is 0.369. The van der Waals surface area contributed by atoms with Gasteiger partial charge in [0.15, 0.2) is 11.6 Å². The van der Waals surface area contributed by atoms with Crippen LogP contribution in [0.1, 0.15) is 33.1 Å². The Kier molecular flexibility index (Phi) is 4.53. The van der Waals surface area contributed by atoms with E-state index < -0.39 is 26.6 Å². The summed E-state index contributed by atoms with van der Waals surface area (Å²) >= 11 is 0. The monoisotopic (exact) mass is 318 g/mol. The highest BCUT2D eigenvalue weighted by atomic mass is 32.2. The molecule has 2 rings (SSSR count). The Morgan fingerprint density at radius 1 is 1.33 bits per heavy atom. The molecule has 0 bridgehead atoms. The molecule has 1 aliphatic carbocycles. The minimum Gasteiger partial charge on any atom is -0.399 e. The van der Waals surface area contributed by atoms with Gasteiger partial charge >= 0.3 is 0 Å². The molecule has 21 heavy (non-hydrogen) atoms. The van der Waals surface area contributed by atoms with Gasteiger partial charge in [-0.2, -0.15) is 4.31 Å². The molecule has 1 fully saturated rings. The summed E-state index contributed by atoms with van der Waals surface area (Å²) in [6.45, 7) is 4.28. The zero-order valence-corrected chi connectivity index (χ0v) is 13.0. The first-order valence-corrected chi connectivity index (χ1v) is 8.44. The Labute approximate surface area is 124 Å². The summed E-state index contributed by atoms with van der Waals surface area (Å²) in [7, 11) is -4.07. The van der Waals surface area contributed by atoms with E-state index in [4.69, 9.17) is 5.73 Å². The molecule has 0 radical (unpaired) electrons. The van der Waals surface area contributed by atoms with Crippen molar-refractivity contribution in [1.29, 1.82) is 0 Å². The van der Waals surface area contributed by atoms with Crippen molar-refractivity contribution >= 4 is 15.7 Å². The number of benzene rings is 1. The molecule has 0 amide bonds. The van der Waals surface area contributed by atoms with Gasteiger partial charge in [-0.1, -0.05) is 13.8 Å². The van der Waals surface area contributed by atoms with Gasteiger partial charge in [0, 0.05) is 18.3 Å². The van der Waals surface area contributed by atoms with Crippen molar-refractivity contribution in [1.82, 2.24) is 4.31 Å². The fraction of sp³-hybridized carbons (Fsp3) is 0.571. The average Bonchev–Trinajstić information content (AvgIpc) is 3.17. The zero-order valence-electron chi connectivity index (χ0n) is 12.1. The molecule has 0 heterocycles. The first-order valence-electron chi connectivity index (χ1n) is 7.00. The minimum absolute atomic E-state index is 0.105. The van der Waals surface area contributed by atoms with Crippen molar-refractivity contribution < 1.29 is 17.2 Å². The molecular weight excluding hydrogens is 298 g/mol. The fourth-order valence-electron chi connectivity index (χ4n) is 2.14. The van der Waals surface area contributed by atoms with E-state index in [9.17, 15) is 17.2 Å². The Balaban J connectivity index is 2.39. The van der Waals surface area contributed by atoms with Crippen LogP contribution in [0.3, 0.4) is 0 Å². The molecule has 0 aliphatic heterocycles. The molecule has 0 unspecified atom stereocenters. The van der Waals surface area contributed by atoms with E-state index in [0.29, 0.717) is 18.9 Å². The highest BCUT2D eigenvalue weighted by molar-refractivity contribution is 7.89. The van der Waals surface area contributed by atoms with Crippen LogP contribution in [0, 0.1) is 17.6 Å². The third-order valence-corrected chi connectivity index (χ3v) is 5.44. The van der Waals surface area contributed by atoms with Gasteiger partial charge in [-0.25, -0.2) is 17.2 Å². The molecule has 0 atom stereocenters. The summed E-state index contributed by atoms with van der Waals surface area (Å²) in [5.74, 6) is -2.28. The standard InChI is InChI=1S/C14H20F2N2O2S/c1-9(2)5-6-18(11-3-4-11)21(19,20)13-8-10(17)7-12(15)14(13)16/h7-9,11H,3-6,17H2,1-2H3. The van der Waals surface area contributed by atoms with Crippen LogP contribution in [0.2, 0.25) is 0 Å². The summed E-state index contributed by atoms with van der Waals surface area (Å²) in [5.41, 5.74) is 5.34. The molecule has 118 valence electrons.